The van der Waals surface area contributed by atoms with Gasteiger partial charge in [0, 0.05) is 0 Å². The van der Waals surface area contributed by atoms with E-state index in [9.17, 15) is 8.78 Å². The second-order valence-electron chi connectivity index (χ2n) is 2.95. The molecule has 6 heteroatoms. The first kappa shape index (κ1) is 10.8. The number of hydrogen-bond donors (Lipinski definition) is 1. The molecule has 0 amide bonds. The van der Waals surface area contributed by atoms with Crippen molar-refractivity contribution in [3.8, 4) is 0 Å². The van der Waals surface area contributed by atoms with Crippen molar-refractivity contribution in [1.82, 2.24) is 9.97 Å². The summed E-state index contributed by atoms with van der Waals surface area (Å²) in [4.78, 5) is 7.60. The Morgan fingerprint density at radius 3 is 2.75 bits per heavy atom. The average molecular weight is 242 g/mol. The van der Waals surface area contributed by atoms with Gasteiger partial charge in [0.2, 0.25) is 0 Å². The molecule has 0 aliphatic rings. The molecule has 0 spiro atoms. The summed E-state index contributed by atoms with van der Waals surface area (Å²) in [6.07, 6.45) is 2.70. The van der Waals surface area contributed by atoms with E-state index < -0.39 is 11.6 Å². The van der Waals surface area contributed by atoms with Crippen molar-refractivity contribution >= 4 is 23.1 Å². The van der Waals surface area contributed by atoms with E-state index in [0.717, 1.165) is 6.07 Å². The summed E-state index contributed by atoms with van der Waals surface area (Å²) in [5, 5.41) is 2.75. The number of nitrogens with zero attached hydrogens (tertiary/aromatic N) is 2. The highest BCUT2D eigenvalue weighted by atomic mass is 35.5. The van der Waals surface area contributed by atoms with Gasteiger partial charge in [0.25, 0.3) is 0 Å². The van der Waals surface area contributed by atoms with Crippen LogP contribution in [0.5, 0.6) is 0 Å². The Bertz CT molecular complexity index is 519. The maximum Gasteiger partial charge on any atom is 0.182 e. The third-order valence-electron chi connectivity index (χ3n) is 1.82. The second-order valence-corrected chi connectivity index (χ2v) is 3.34. The van der Waals surface area contributed by atoms with Crippen LogP contribution < -0.4 is 5.32 Å². The van der Waals surface area contributed by atoms with E-state index in [1.165, 1.54) is 24.5 Å². The lowest BCUT2D eigenvalue weighted by Crippen LogP contribution is -1.98. The minimum Gasteiger partial charge on any atom is -0.336 e. The molecular weight excluding hydrogens is 236 g/mol. The van der Waals surface area contributed by atoms with Crippen molar-refractivity contribution in [2.75, 3.05) is 5.32 Å². The molecule has 0 radical (unpaired) electrons. The lowest BCUT2D eigenvalue weighted by molar-refractivity contribution is 0.511. The predicted octanol–water partition coefficient (Wildman–Crippen LogP) is 3.15. The highest BCUT2D eigenvalue weighted by Gasteiger charge is 2.08. The van der Waals surface area contributed by atoms with Gasteiger partial charge in [0.15, 0.2) is 17.5 Å². The fourth-order valence-electron chi connectivity index (χ4n) is 1.14. The number of benzene rings is 1. The normalized spacial score (nSPS) is 10.2. The Hall–Kier alpha value is -1.75. The first-order valence-corrected chi connectivity index (χ1v) is 4.73. The Kier molecular flexibility index (Phi) is 2.96. The van der Waals surface area contributed by atoms with Gasteiger partial charge in [-0.1, -0.05) is 17.7 Å². The van der Waals surface area contributed by atoms with Gasteiger partial charge in [-0.05, 0) is 12.1 Å². The molecule has 16 heavy (non-hydrogen) atoms. The molecular formula is C10H6ClF2N3. The molecule has 2 rings (SSSR count). The monoisotopic (exact) mass is 241 g/mol. The van der Waals surface area contributed by atoms with Crippen LogP contribution in [0.1, 0.15) is 0 Å². The largest absolute Gasteiger partial charge is 0.336 e. The number of anilines is 2. The molecule has 1 N–H and O–H groups in total. The summed E-state index contributed by atoms with van der Waals surface area (Å²) in [7, 11) is 0. The Morgan fingerprint density at radius 1 is 1.19 bits per heavy atom. The standard InChI is InChI=1S/C10H6ClF2N3/c11-8-4-14-5-9(16-8)15-7-3-1-2-6(12)10(7)13/h1-5H,(H,15,16). The van der Waals surface area contributed by atoms with Crippen LogP contribution >= 0.6 is 11.6 Å². The van der Waals surface area contributed by atoms with Crippen LogP contribution in [0.4, 0.5) is 20.3 Å². The van der Waals surface area contributed by atoms with Gasteiger partial charge in [-0.15, -0.1) is 0 Å². The van der Waals surface area contributed by atoms with E-state index in [-0.39, 0.29) is 16.7 Å². The molecule has 0 saturated carbocycles. The van der Waals surface area contributed by atoms with Gasteiger partial charge in [-0.2, -0.15) is 0 Å². The SMILES string of the molecule is Fc1cccc(Nc2cncc(Cl)n2)c1F. The van der Waals surface area contributed by atoms with E-state index in [2.05, 4.69) is 15.3 Å². The average Bonchev–Trinajstić information content (AvgIpc) is 2.25. The van der Waals surface area contributed by atoms with E-state index >= 15 is 0 Å². The molecule has 1 aromatic carbocycles. The summed E-state index contributed by atoms with van der Waals surface area (Å²) >= 11 is 5.60. The molecule has 0 bridgehead atoms. The number of aromatic nitrogens is 2. The number of rotatable bonds is 2. The minimum absolute atomic E-state index is 0.0171. The first-order chi connectivity index (χ1) is 7.66. The lowest BCUT2D eigenvalue weighted by Gasteiger charge is -2.06. The van der Waals surface area contributed by atoms with Gasteiger partial charge in [-0.3, -0.25) is 4.98 Å². The van der Waals surface area contributed by atoms with Crippen LogP contribution in [-0.2, 0) is 0 Å². The lowest BCUT2D eigenvalue weighted by atomic mass is 10.3. The maximum atomic E-state index is 13.3. The van der Waals surface area contributed by atoms with Crippen molar-refractivity contribution < 1.29 is 8.78 Å². The van der Waals surface area contributed by atoms with Crippen LogP contribution in [0, 0.1) is 11.6 Å². The third kappa shape index (κ3) is 2.25. The van der Waals surface area contributed by atoms with Crippen molar-refractivity contribution in [1.29, 1.82) is 0 Å². The van der Waals surface area contributed by atoms with Gasteiger partial charge in [0.05, 0.1) is 18.1 Å². The topological polar surface area (TPSA) is 37.8 Å². The summed E-state index contributed by atoms with van der Waals surface area (Å²) in [5.41, 5.74) is -0.0171. The maximum absolute atomic E-state index is 13.3. The van der Waals surface area contributed by atoms with Crippen molar-refractivity contribution in [2.45, 2.75) is 0 Å². The number of nitrogens with one attached hydrogen (secondary N) is 1. The molecule has 0 saturated heterocycles. The Labute approximate surface area is 95.1 Å². The molecule has 0 unspecified atom stereocenters. The van der Waals surface area contributed by atoms with Crippen LogP contribution in [-0.4, -0.2) is 9.97 Å². The molecule has 82 valence electrons. The zero-order valence-electron chi connectivity index (χ0n) is 7.92. The molecule has 1 aromatic heterocycles. The molecule has 1 heterocycles. The fourth-order valence-corrected chi connectivity index (χ4v) is 1.29. The van der Waals surface area contributed by atoms with E-state index in [1.54, 1.807) is 0 Å². The first-order valence-electron chi connectivity index (χ1n) is 4.35. The quantitative estimate of drug-likeness (QED) is 0.878. The van der Waals surface area contributed by atoms with Gasteiger partial charge >= 0.3 is 0 Å². The van der Waals surface area contributed by atoms with Gasteiger partial charge in [0.1, 0.15) is 5.15 Å². The summed E-state index contributed by atoms with van der Waals surface area (Å²) in [5.74, 6) is -1.65. The number of hydrogen-bond acceptors (Lipinski definition) is 3. The third-order valence-corrected chi connectivity index (χ3v) is 2.00. The van der Waals surface area contributed by atoms with Crippen molar-refractivity contribution in [3.63, 3.8) is 0 Å². The zero-order valence-corrected chi connectivity index (χ0v) is 8.67. The molecule has 2 aromatic rings. The highest BCUT2D eigenvalue weighted by molar-refractivity contribution is 6.29. The molecule has 0 atom stereocenters. The van der Waals surface area contributed by atoms with Crippen LogP contribution in [0.25, 0.3) is 0 Å². The Balaban J connectivity index is 2.31. The van der Waals surface area contributed by atoms with Crippen LogP contribution in [0.2, 0.25) is 5.15 Å². The summed E-state index contributed by atoms with van der Waals surface area (Å²) in [6.45, 7) is 0. The van der Waals surface area contributed by atoms with Crippen LogP contribution in [0.3, 0.4) is 0 Å². The summed E-state index contributed by atoms with van der Waals surface area (Å²) < 4.78 is 26.2. The van der Waals surface area contributed by atoms with Crippen molar-refractivity contribution in [2.24, 2.45) is 0 Å². The highest BCUT2D eigenvalue weighted by Crippen LogP contribution is 2.20. The molecule has 0 aliphatic heterocycles. The predicted molar refractivity (Wildman–Crippen MR) is 56.7 cm³/mol. The van der Waals surface area contributed by atoms with Gasteiger partial charge < -0.3 is 5.32 Å². The minimum atomic E-state index is -0.968. The smallest absolute Gasteiger partial charge is 0.182 e. The van der Waals surface area contributed by atoms with E-state index in [0.29, 0.717) is 0 Å². The Morgan fingerprint density at radius 2 is 2.00 bits per heavy atom. The fraction of sp³-hybridized carbons (Fsp3) is 0. The molecule has 0 aliphatic carbocycles. The zero-order chi connectivity index (χ0) is 11.5. The van der Waals surface area contributed by atoms with E-state index in [4.69, 9.17) is 11.6 Å². The van der Waals surface area contributed by atoms with Crippen molar-refractivity contribution in [3.05, 3.63) is 47.4 Å². The van der Waals surface area contributed by atoms with E-state index in [1.807, 2.05) is 0 Å². The molecule has 0 fully saturated rings. The second kappa shape index (κ2) is 4.40. The van der Waals surface area contributed by atoms with Gasteiger partial charge in [-0.25, -0.2) is 13.8 Å². The number of halogens is 3. The van der Waals surface area contributed by atoms with Crippen LogP contribution in [0.15, 0.2) is 30.6 Å². The summed E-state index contributed by atoms with van der Waals surface area (Å²) in [6, 6.07) is 3.81. The molecule has 3 nitrogen and oxygen atoms in total.